The van der Waals surface area contributed by atoms with Gasteiger partial charge in [-0.3, -0.25) is 0 Å². The van der Waals surface area contributed by atoms with Gasteiger partial charge in [0, 0.05) is 16.2 Å². The van der Waals surface area contributed by atoms with Gasteiger partial charge in [0.15, 0.2) is 11.6 Å². The summed E-state index contributed by atoms with van der Waals surface area (Å²) in [5.41, 5.74) is 0.698. The fourth-order valence-corrected chi connectivity index (χ4v) is 1.86. The third-order valence-corrected chi connectivity index (χ3v) is 2.80. The van der Waals surface area contributed by atoms with Gasteiger partial charge in [-0.25, -0.2) is 9.37 Å². The topological polar surface area (TPSA) is 22.1 Å². The summed E-state index contributed by atoms with van der Waals surface area (Å²) in [6.45, 7) is 0. The highest BCUT2D eigenvalue weighted by atomic mass is 79.9. The average molecular weight is 317 g/mol. The number of nitrogens with zero attached hydrogens (tertiary/aromatic N) is 1. The van der Waals surface area contributed by atoms with Crippen LogP contribution in [0.15, 0.2) is 41.0 Å². The molecule has 2 nitrogen and oxygen atoms in total. The predicted octanol–water partition coefficient (Wildman–Crippen LogP) is 4.51. The standard InChI is InChI=1S/C12H8BrClFNO/c13-9-5-8(6-14)12(16-7-9)17-11-4-2-1-3-10(11)15/h1-5,7H,6H2. The number of alkyl halides is 1. The van der Waals surface area contributed by atoms with E-state index in [2.05, 4.69) is 20.9 Å². The van der Waals surface area contributed by atoms with E-state index in [4.69, 9.17) is 16.3 Å². The van der Waals surface area contributed by atoms with Crippen LogP contribution in [-0.2, 0) is 5.88 Å². The van der Waals surface area contributed by atoms with Gasteiger partial charge in [-0.2, -0.15) is 0 Å². The first-order valence-electron chi connectivity index (χ1n) is 4.83. The molecule has 0 atom stereocenters. The molecule has 0 N–H and O–H groups in total. The molecular formula is C12H8BrClFNO. The third kappa shape index (κ3) is 2.96. The molecule has 0 spiro atoms. The second kappa shape index (κ2) is 5.47. The zero-order valence-corrected chi connectivity index (χ0v) is 11.0. The summed E-state index contributed by atoms with van der Waals surface area (Å²) >= 11 is 9.06. The van der Waals surface area contributed by atoms with E-state index in [-0.39, 0.29) is 11.6 Å². The summed E-state index contributed by atoms with van der Waals surface area (Å²) in [7, 11) is 0. The number of aromatic nitrogens is 1. The largest absolute Gasteiger partial charge is 0.436 e. The maximum atomic E-state index is 13.4. The first-order valence-corrected chi connectivity index (χ1v) is 6.16. The molecule has 5 heteroatoms. The van der Waals surface area contributed by atoms with Gasteiger partial charge in [-0.05, 0) is 34.1 Å². The summed E-state index contributed by atoms with van der Waals surface area (Å²) in [5, 5.41) is 0. The average Bonchev–Trinajstić information content (AvgIpc) is 2.34. The lowest BCUT2D eigenvalue weighted by Crippen LogP contribution is -1.94. The van der Waals surface area contributed by atoms with Crippen molar-refractivity contribution in [1.82, 2.24) is 4.98 Å². The van der Waals surface area contributed by atoms with Crippen molar-refractivity contribution >= 4 is 27.5 Å². The minimum atomic E-state index is -0.433. The Morgan fingerprint density at radius 3 is 2.82 bits per heavy atom. The van der Waals surface area contributed by atoms with Crippen LogP contribution < -0.4 is 4.74 Å². The van der Waals surface area contributed by atoms with Crippen LogP contribution in [0.5, 0.6) is 11.6 Å². The van der Waals surface area contributed by atoms with Crippen LogP contribution in [-0.4, -0.2) is 4.98 Å². The Morgan fingerprint density at radius 2 is 2.12 bits per heavy atom. The summed E-state index contributed by atoms with van der Waals surface area (Å²) in [6.07, 6.45) is 1.58. The Balaban J connectivity index is 2.33. The van der Waals surface area contributed by atoms with Crippen LogP contribution >= 0.6 is 27.5 Å². The van der Waals surface area contributed by atoms with Crippen molar-refractivity contribution < 1.29 is 9.13 Å². The highest BCUT2D eigenvalue weighted by molar-refractivity contribution is 9.10. The Morgan fingerprint density at radius 1 is 1.35 bits per heavy atom. The smallest absolute Gasteiger partial charge is 0.223 e. The maximum absolute atomic E-state index is 13.4. The molecule has 88 valence electrons. The van der Waals surface area contributed by atoms with Crippen molar-refractivity contribution in [3.8, 4) is 11.6 Å². The van der Waals surface area contributed by atoms with Crippen LogP contribution in [0, 0.1) is 5.82 Å². The highest BCUT2D eigenvalue weighted by Gasteiger charge is 2.09. The number of hydrogen-bond acceptors (Lipinski definition) is 2. The quantitative estimate of drug-likeness (QED) is 0.777. The van der Waals surface area contributed by atoms with Crippen LogP contribution in [0.1, 0.15) is 5.56 Å². The molecule has 0 bridgehead atoms. The Bertz CT molecular complexity index is 536. The number of hydrogen-bond donors (Lipinski definition) is 0. The van der Waals surface area contributed by atoms with Crippen molar-refractivity contribution in [2.75, 3.05) is 0 Å². The van der Waals surface area contributed by atoms with Gasteiger partial charge < -0.3 is 4.74 Å². The van der Waals surface area contributed by atoms with Gasteiger partial charge in [0.1, 0.15) is 0 Å². The third-order valence-electron chi connectivity index (χ3n) is 2.08. The molecule has 0 fully saturated rings. The molecule has 0 radical (unpaired) electrons. The molecular weight excluding hydrogens is 308 g/mol. The van der Waals surface area contributed by atoms with E-state index >= 15 is 0 Å². The fourth-order valence-electron chi connectivity index (χ4n) is 1.29. The molecule has 0 amide bonds. The van der Waals surface area contributed by atoms with Crippen LogP contribution in [0.4, 0.5) is 4.39 Å². The van der Waals surface area contributed by atoms with Crippen LogP contribution in [0.25, 0.3) is 0 Å². The van der Waals surface area contributed by atoms with E-state index in [1.54, 1.807) is 24.4 Å². The fraction of sp³-hybridized carbons (Fsp3) is 0.0833. The molecule has 0 aliphatic carbocycles. The van der Waals surface area contributed by atoms with E-state index < -0.39 is 5.82 Å². The Kier molecular flexibility index (Phi) is 3.97. The van der Waals surface area contributed by atoms with Gasteiger partial charge in [-0.1, -0.05) is 12.1 Å². The van der Waals surface area contributed by atoms with Gasteiger partial charge in [0.05, 0.1) is 5.88 Å². The van der Waals surface area contributed by atoms with Crippen molar-refractivity contribution in [3.05, 3.63) is 52.4 Å². The van der Waals surface area contributed by atoms with Crippen molar-refractivity contribution in [2.45, 2.75) is 5.88 Å². The van der Waals surface area contributed by atoms with Gasteiger partial charge in [0.2, 0.25) is 5.88 Å². The van der Waals surface area contributed by atoms with Gasteiger partial charge >= 0.3 is 0 Å². The molecule has 1 heterocycles. The van der Waals surface area contributed by atoms with E-state index in [0.29, 0.717) is 11.4 Å². The molecule has 2 rings (SSSR count). The first kappa shape index (κ1) is 12.3. The number of halogens is 3. The van der Waals surface area contributed by atoms with Crippen molar-refractivity contribution in [3.63, 3.8) is 0 Å². The highest BCUT2D eigenvalue weighted by Crippen LogP contribution is 2.28. The number of benzene rings is 1. The Labute approximate surface area is 112 Å². The zero-order valence-electron chi connectivity index (χ0n) is 8.66. The van der Waals surface area contributed by atoms with Crippen molar-refractivity contribution in [2.24, 2.45) is 0 Å². The van der Waals surface area contributed by atoms with E-state index in [0.717, 1.165) is 4.47 Å². The SMILES string of the molecule is Fc1ccccc1Oc1ncc(Br)cc1CCl. The lowest BCUT2D eigenvalue weighted by Gasteiger charge is -2.09. The predicted molar refractivity (Wildman–Crippen MR) is 68.0 cm³/mol. The molecule has 0 saturated carbocycles. The summed E-state index contributed by atoms with van der Waals surface area (Å²) in [5.74, 6) is 0.260. The lowest BCUT2D eigenvalue weighted by atomic mass is 10.3. The maximum Gasteiger partial charge on any atom is 0.223 e. The number of para-hydroxylation sites is 1. The number of pyridine rings is 1. The molecule has 2 aromatic rings. The van der Waals surface area contributed by atoms with E-state index in [9.17, 15) is 4.39 Å². The number of rotatable bonds is 3. The molecule has 1 aromatic heterocycles. The van der Waals surface area contributed by atoms with E-state index in [1.807, 2.05) is 0 Å². The minimum absolute atomic E-state index is 0.133. The van der Waals surface area contributed by atoms with Crippen LogP contribution in [0.2, 0.25) is 0 Å². The molecule has 0 aliphatic heterocycles. The normalized spacial score (nSPS) is 10.3. The molecule has 0 saturated heterocycles. The van der Waals surface area contributed by atoms with E-state index in [1.165, 1.54) is 12.1 Å². The van der Waals surface area contributed by atoms with Gasteiger partial charge in [-0.15, -0.1) is 11.6 Å². The number of ether oxygens (including phenoxy) is 1. The second-order valence-electron chi connectivity index (χ2n) is 3.28. The second-order valence-corrected chi connectivity index (χ2v) is 4.47. The summed E-state index contributed by atoms with van der Waals surface area (Å²) < 4.78 is 19.6. The lowest BCUT2D eigenvalue weighted by molar-refractivity contribution is 0.424. The monoisotopic (exact) mass is 315 g/mol. The van der Waals surface area contributed by atoms with Crippen molar-refractivity contribution in [1.29, 1.82) is 0 Å². The minimum Gasteiger partial charge on any atom is -0.436 e. The Hall–Kier alpha value is -1.13. The molecule has 1 aromatic carbocycles. The zero-order chi connectivity index (χ0) is 12.3. The van der Waals surface area contributed by atoms with Crippen LogP contribution in [0.3, 0.4) is 0 Å². The molecule has 0 aliphatic rings. The summed E-state index contributed by atoms with van der Waals surface area (Å²) in [4.78, 5) is 4.07. The first-order chi connectivity index (χ1) is 8.20. The molecule has 0 unspecified atom stereocenters. The molecule has 17 heavy (non-hydrogen) atoms. The van der Waals surface area contributed by atoms with Gasteiger partial charge in [0.25, 0.3) is 0 Å². The summed E-state index contributed by atoms with van der Waals surface area (Å²) in [6, 6.07) is 7.94.